The molecule has 2 aromatic heterocycles. The Bertz CT molecular complexity index is 1910. The number of anilines is 2. The molecule has 0 spiro atoms. The van der Waals surface area contributed by atoms with E-state index < -0.39 is 0 Å². The van der Waals surface area contributed by atoms with Crippen LogP contribution in [0.4, 0.5) is 16.3 Å². The molecular formula is C35H28ClN5O4. The maximum absolute atomic E-state index is 12.6. The van der Waals surface area contributed by atoms with E-state index in [-0.39, 0.29) is 29.8 Å². The van der Waals surface area contributed by atoms with E-state index in [9.17, 15) is 9.59 Å². The van der Waals surface area contributed by atoms with E-state index in [0.717, 1.165) is 27.8 Å². The number of nitriles is 1. The summed E-state index contributed by atoms with van der Waals surface area (Å²) in [5.74, 6) is 1.10. The van der Waals surface area contributed by atoms with Crippen molar-refractivity contribution in [1.82, 2.24) is 9.97 Å². The minimum absolute atomic E-state index is 0.101. The van der Waals surface area contributed by atoms with Crippen molar-refractivity contribution in [3.05, 3.63) is 130 Å². The van der Waals surface area contributed by atoms with Crippen LogP contribution in [0.2, 0.25) is 5.02 Å². The van der Waals surface area contributed by atoms with Gasteiger partial charge in [0.15, 0.2) is 6.29 Å². The van der Waals surface area contributed by atoms with Gasteiger partial charge < -0.3 is 14.8 Å². The summed E-state index contributed by atoms with van der Waals surface area (Å²) in [6.45, 7) is 4.27. The van der Waals surface area contributed by atoms with E-state index in [0.29, 0.717) is 40.4 Å². The maximum Gasteiger partial charge on any atom is 0.324 e. The molecule has 5 rings (SSSR count). The van der Waals surface area contributed by atoms with Gasteiger partial charge in [0.2, 0.25) is 0 Å². The number of nitrogens with zero attached hydrogens (tertiary/aromatic N) is 3. The lowest BCUT2D eigenvalue weighted by Crippen LogP contribution is -2.20. The zero-order valence-corrected chi connectivity index (χ0v) is 25.3. The van der Waals surface area contributed by atoms with Crippen molar-refractivity contribution in [3.8, 4) is 28.7 Å². The van der Waals surface area contributed by atoms with Gasteiger partial charge in [-0.1, -0.05) is 48.0 Å². The predicted molar refractivity (Wildman–Crippen MR) is 173 cm³/mol. The summed E-state index contributed by atoms with van der Waals surface area (Å²) >= 11 is 6.47. The van der Waals surface area contributed by atoms with E-state index in [4.69, 9.17) is 26.3 Å². The van der Waals surface area contributed by atoms with Crippen LogP contribution in [0.1, 0.15) is 38.2 Å². The van der Waals surface area contributed by atoms with Crippen molar-refractivity contribution in [1.29, 1.82) is 5.26 Å². The molecule has 2 N–H and O–H groups in total. The number of aromatic nitrogens is 2. The second-order valence-electron chi connectivity index (χ2n) is 10.1. The monoisotopic (exact) mass is 617 g/mol. The van der Waals surface area contributed by atoms with Crippen LogP contribution in [-0.2, 0) is 13.2 Å². The third-order valence-electron chi connectivity index (χ3n) is 7.12. The highest BCUT2D eigenvalue weighted by Crippen LogP contribution is 2.35. The van der Waals surface area contributed by atoms with Gasteiger partial charge in [-0.05, 0) is 72.0 Å². The SMILES string of the molecule is Cc1c(COc2cc(OCc3cncc(C#N)c3)c(C=O)cc2Cl)cccc1-c1cccc(NC(=O)Nc2ccccn2)c1C. The van der Waals surface area contributed by atoms with Crippen LogP contribution in [0.15, 0.2) is 91.4 Å². The summed E-state index contributed by atoms with van der Waals surface area (Å²) in [6, 6.07) is 23.4. The van der Waals surface area contributed by atoms with Gasteiger partial charge in [-0.15, -0.1) is 0 Å². The van der Waals surface area contributed by atoms with Gasteiger partial charge in [-0.2, -0.15) is 5.26 Å². The largest absolute Gasteiger partial charge is 0.488 e. The van der Waals surface area contributed by atoms with Gasteiger partial charge >= 0.3 is 6.03 Å². The quantitative estimate of drug-likeness (QED) is 0.153. The molecular weight excluding hydrogens is 590 g/mol. The first kappa shape index (κ1) is 30.7. The lowest BCUT2D eigenvalue weighted by molar-refractivity contribution is 0.111. The first-order valence-corrected chi connectivity index (χ1v) is 14.3. The summed E-state index contributed by atoms with van der Waals surface area (Å²) in [6.07, 6.45) is 5.33. The summed E-state index contributed by atoms with van der Waals surface area (Å²) in [5.41, 5.74) is 6.81. The number of hydrogen-bond donors (Lipinski definition) is 2. The number of carbonyl (C=O) groups is 2. The molecule has 45 heavy (non-hydrogen) atoms. The molecule has 0 saturated carbocycles. The fraction of sp³-hybridized carbons (Fsp3) is 0.114. The van der Waals surface area contributed by atoms with E-state index in [2.05, 4.69) is 20.6 Å². The first-order chi connectivity index (χ1) is 21.9. The van der Waals surface area contributed by atoms with Crippen LogP contribution < -0.4 is 20.1 Å². The Hall–Kier alpha value is -5.72. The molecule has 10 heteroatoms. The Balaban J connectivity index is 1.32. The molecule has 0 aliphatic carbocycles. The van der Waals surface area contributed by atoms with Crippen LogP contribution in [-0.4, -0.2) is 22.3 Å². The summed E-state index contributed by atoms with van der Waals surface area (Å²) in [7, 11) is 0. The Morgan fingerprint density at radius 2 is 1.69 bits per heavy atom. The average molecular weight is 618 g/mol. The zero-order valence-electron chi connectivity index (χ0n) is 24.5. The highest BCUT2D eigenvalue weighted by molar-refractivity contribution is 6.32. The van der Waals surface area contributed by atoms with Crippen molar-refractivity contribution >= 4 is 35.4 Å². The standard InChI is InChI=1S/C35H28ClN5O4/c1-22-26(21-45-33-15-32(27(19-42)14-30(33)36)44-20-25-13-24(16-37)17-38-18-25)7-5-8-28(22)29-9-6-10-31(23(29)2)40-35(43)41-34-11-3-4-12-39-34/h3-15,17-19H,20-21H2,1-2H3,(H2,39,40,41,43). The number of benzene rings is 3. The second-order valence-corrected chi connectivity index (χ2v) is 10.5. The molecule has 9 nitrogen and oxygen atoms in total. The van der Waals surface area contributed by atoms with Crippen molar-refractivity contribution < 1.29 is 19.1 Å². The van der Waals surface area contributed by atoms with E-state index in [1.54, 1.807) is 42.7 Å². The molecule has 0 atom stereocenters. The van der Waals surface area contributed by atoms with Crippen molar-refractivity contribution in [3.63, 3.8) is 0 Å². The number of nitrogens with one attached hydrogen (secondary N) is 2. The van der Waals surface area contributed by atoms with Gasteiger partial charge in [-0.25, -0.2) is 9.78 Å². The number of ether oxygens (including phenoxy) is 2. The van der Waals surface area contributed by atoms with Crippen LogP contribution in [0.5, 0.6) is 11.5 Å². The second kappa shape index (κ2) is 14.2. The van der Waals surface area contributed by atoms with Crippen LogP contribution in [0.25, 0.3) is 11.1 Å². The number of urea groups is 1. The van der Waals surface area contributed by atoms with E-state index in [1.165, 1.54) is 12.3 Å². The van der Waals surface area contributed by atoms with Gasteiger partial charge in [0.25, 0.3) is 0 Å². The van der Waals surface area contributed by atoms with Gasteiger partial charge in [-0.3, -0.25) is 15.1 Å². The summed E-state index contributed by atoms with van der Waals surface area (Å²) in [4.78, 5) is 32.5. The minimum Gasteiger partial charge on any atom is -0.488 e. The van der Waals surface area contributed by atoms with Crippen molar-refractivity contribution in [2.45, 2.75) is 27.1 Å². The lowest BCUT2D eigenvalue weighted by atomic mass is 9.93. The molecule has 2 amide bonds. The smallest absolute Gasteiger partial charge is 0.324 e. The molecule has 0 unspecified atom stereocenters. The molecule has 3 aromatic carbocycles. The number of pyridine rings is 2. The van der Waals surface area contributed by atoms with Gasteiger partial charge in [0.1, 0.15) is 36.6 Å². The first-order valence-electron chi connectivity index (χ1n) is 13.9. The zero-order chi connectivity index (χ0) is 31.8. The van der Waals surface area contributed by atoms with E-state index >= 15 is 0 Å². The molecule has 0 saturated heterocycles. The Morgan fingerprint density at radius 3 is 2.44 bits per heavy atom. The molecule has 224 valence electrons. The normalized spacial score (nSPS) is 10.4. The lowest BCUT2D eigenvalue weighted by Gasteiger charge is -2.17. The molecule has 0 aliphatic heterocycles. The molecule has 0 bridgehead atoms. The Kier molecular flexibility index (Phi) is 9.67. The highest BCUT2D eigenvalue weighted by atomic mass is 35.5. The molecule has 2 heterocycles. The summed E-state index contributed by atoms with van der Waals surface area (Å²) in [5, 5.41) is 15.0. The fourth-order valence-corrected chi connectivity index (χ4v) is 4.95. The molecule has 5 aromatic rings. The van der Waals surface area contributed by atoms with Gasteiger partial charge in [0.05, 0.1) is 16.1 Å². The minimum atomic E-state index is -0.388. The van der Waals surface area contributed by atoms with Crippen molar-refractivity contribution in [2.75, 3.05) is 10.6 Å². The summed E-state index contributed by atoms with van der Waals surface area (Å²) < 4.78 is 12.0. The topological polar surface area (TPSA) is 126 Å². The van der Waals surface area contributed by atoms with Gasteiger partial charge in [0, 0.05) is 35.9 Å². The molecule has 0 radical (unpaired) electrons. The molecule has 0 aliphatic rings. The number of halogens is 1. The fourth-order valence-electron chi connectivity index (χ4n) is 4.72. The van der Waals surface area contributed by atoms with Crippen LogP contribution in [0.3, 0.4) is 0 Å². The predicted octanol–water partition coefficient (Wildman–Crippen LogP) is 7.90. The number of amides is 2. The number of rotatable bonds is 10. The van der Waals surface area contributed by atoms with Crippen LogP contribution >= 0.6 is 11.6 Å². The highest BCUT2D eigenvalue weighted by Gasteiger charge is 2.15. The molecule has 0 fully saturated rings. The Labute approximate surface area is 265 Å². The third-order valence-corrected chi connectivity index (χ3v) is 7.41. The Morgan fingerprint density at radius 1 is 0.911 bits per heavy atom. The maximum atomic E-state index is 12.6. The third kappa shape index (κ3) is 7.44. The number of carbonyl (C=O) groups excluding carboxylic acids is 2. The van der Waals surface area contributed by atoms with Crippen molar-refractivity contribution in [2.24, 2.45) is 0 Å². The number of hydrogen-bond acceptors (Lipinski definition) is 7. The van der Waals surface area contributed by atoms with E-state index in [1.807, 2.05) is 56.3 Å². The number of aldehydes is 1. The average Bonchev–Trinajstić information content (AvgIpc) is 3.05. The van der Waals surface area contributed by atoms with Crippen LogP contribution in [0, 0.1) is 25.2 Å².